The van der Waals surface area contributed by atoms with E-state index >= 15 is 0 Å². The number of hydrogen-bond acceptors (Lipinski definition) is 4. The second kappa shape index (κ2) is 5.30. The molecule has 3 heterocycles. The number of nitriles is 1. The fraction of sp³-hybridized carbons (Fsp3) is 0.312. The van der Waals surface area contributed by atoms with E-state index in [0.29, 0.717) is 11.5 Å². The Morgan fingerprint density at radius 1 is 1.30 bits per heavy atom. The number of anilines is 1. The normalized spacial score (nSPS) is 18.0. The summed E-state index contributed by atoms with van der Waals surface area (Å²) in [5, 5.41) is 9.06. The van der Waals surface area contributed by atoms with E-state index in [2.05, 4.69) is 33.1 Å². The van der Waals surface area contributed by atoms with Crippen molar-refractivity contribution >= 4 is 5.82 Å². The molecule has 0 aliphatic carbocycles. The van der Waals surface area contributed by atoms with Crippen LogP contribution in [-0.2, 0) is 0 Å². The lowest BCUT2D eigenvalue weighted by Crippen LogP contribution is -2.20. The molecule has 0 radical (unpaired) electrons. The fourth-order valence-electron chi connectivity index (χ4n) is 2.75. The lowest BCUT2D eigenvalue weighted by atomic mass is 10.00. The predicted octanol–water partition coefficient (Wildman–Crippen LogP) is 2.65. The molecule has 100 valence electrons. The van der Waals surface area contributed by atoms with Gasteiger partial charge in [-0.1, -0.05) is 0 Å². The van der Waals surface area contributed by atoms with Crippen molar-refractivity contribution in [3.05, 3.63) is 53.5 Å². The minimum atomic E-state index is 0.519. The Balaban J connectivity index is 1.81. The number of hydrogen-bond donors (Lipinski definition) is 0. The molecular weight excluding hydrogens is 248 g/mol. The van der Waals surface area contributed by atoms with Gasteiger partial charge in [0.25, 0.3) is 0 Å². The van der Waals surface area contributed by atoms with E-state index in [4.69, 9.17) is 5.26 Å². The van der Waals surface area contributed by atoms with Crippen LogP contribution in [0, 0.1) is 18.3 Å². The standard InChI is InChI=1S/C16H16N4/c1-12-8-13(10-17)9-16(19-12)20-7-4-15(11-20)14-2-5-18-6-3-14/h2-3,5-6,8-9,15H,4,7,11H2,1H3. The van der Waals surface area contributed by atoms with Crippen molar-refractivity contribution in [2.24, 2.45) is 0 Å². The first-order valence-electron chi connectivity index (χ1n) is 6.80. The first kappa shape index (κ1) is 12.6. The van der Waals surface area contributed by atoms with Crippen LogP contribution >= 0.6 is 0 Å². The Bertz CT molecular complexity index is 645. The predicted molar refractivity (Wildman–Crippen MR) is 77.5 cm³/mol. The lowest BCUT2D eigenvalue weighted by molar-refractivity contribution is 0.772. The Morgan fingerprint density at radius 3 is 2.85 bits per heavy atom. The fourth-order valence-corrected chi connectivity index (χ4v) is 2.75. The van der Waals surface area contributed by atoms with Crippen LogP contribution in [0.3, 0.4) is 0 Å². The number of nitrogens with zero attached hydrogens (tertiary/aromatic N) is 4. The largest absolute Gasteiger partial charge is 0.356 e. The van der Waals surface area contributed by atoms with Crippen LogP contribution in [0.15, 0.2) is 36.7 Å². The van der Waals surface area contributed by atoms with E-state index < -0.39 is 0 Å². The quantitative estimate of drug-likeness (QED) is 0.836. The molecule has 4 nitrogen and oxygen atoms in total. The molecule has 3 rings (SSSR count). The number of aryl methyl sites for hydroxylation is 1. The highest BCUT2D eigenvalue weighted by atomic mass is 15.2. The first-order chi connectivity index (χ1) is 9.76. The van der Waals surface area contributed by atoms with Gasteiger partial charge >= 0.3 is 0 Å². The second-order valence-corrected chi connectivity index (χ2v) is 5.18. The Hall–Kier alpha value is -2.41. The molecule has 0 spiro atoms. The van der Waals surface area contributed by atoms with E-state index in [1.54, 1.807) is 0 Å². The van der Waals surface area contributed by atoms with Crippen molar-refractivity contribution in [2.75, 3.05) is 18.0 Å². The molecule has 0 N–H and O–H groups in total. The number of pyridine rings is 2. The van der Waals surface area contributed by atoms with E-state index in [0.717, 1.165) is 31.0 Å². The maximum absolute atomic E-state index is 9.06. The molecule has 1 saturated heterocycles. The van der Waals surface area contributed by atoms with Gasteiger partial charge in [-0.25, -0.2) is 4.98 Å². The molecule has 0 bridgehead atoms. The van der Waals surface area contributed by atoms with Gasteiger partial charge in [0.1, 0.15) is 5.82 Å². The average molecular weight is 264 g/mol. The second-order valence-electron chi connectivity index (χ2n) is 5.18. The summed E-state index contributed by atoms with van der Waals surface area (Å²) in [6, 6.07) is 10.1. The number of aromatic nitrogens is 2. The van der Waals surface area contributed by atoms with E-state index in [-0.39, 0.29) is 0 Å². The van der Waals surface area contributed by atoms with Crippen LogP contribution < -0.4 is 4.90 Å². The van der Waals surface area contributed by atoms with Gasteiger partial charge in [0.15, 0.2) is 0 Å². The van der Waals surface area contributed by atoms with Crippen molar-refractivity contribution in [2.45, 2.75) is 19.3 Å². The zero-order valence-electron chi connectivity index (χ0n) is 11.5. The van der Waals surface area contributed by atoms with Crippen LogP contribution in [0.4, 0.5) is 5.82 Å². The molecule has 0 saturated carbocycles. The van der Waals surface area contributed by atoms with Crippen LogP contribution in [0.5, 0.6) is 0 Å². The molecule has 1 aliphatic heterocycles. The van der Waals surface area contributed by atoms with E-state index in [9.17, 15) is 0 Å². The zero-order valence-corrected chi connectivity index (χ0v) is 11.5. The molecule has 1 fully saturated rings. The lowest BCUT2D eigenvalue weighted by Gasteiger charge is -2.18. The Morgan fingerprint density at radius 2 is 2.10 bits per heavy atom. The van der Waals surface area contributed by atoms with Crippen molar-refractivity contribution in [3.8, 4) is 6.07 Å². The highest BCUT2D eigenvalue weighted by Crippen LogP contribution is 2.29. The zero-order chi connectivity index (χ0) is 13.9. The van der Waals surface area contributed by atoms with E-state index in [1.807, 2.05) is 31.5 Å². The Kier molecular flexibility index (Phi) is 3.34. The van der Waals surface area contributed by atoms with Gasteiger partial charge < -0.3 is 4.90 Å². The van der Waals surface area contributed by atoms with Gasteiger partial charge in [-0.3, -0.25) is 4.98 Å². The molecule has 1 aliphatic rings. The summed E-state index contributed by atoms with van der Waals surface area (Å²) in [5.74, 6) is 1.43. The topological polar surface area (TPSA) is 52.8 Å². The van der Waals surface area contributed by atoms with Gasteiger partial charge in [-0.15, -0.1) is 0 Å². The summed E-state index contributed by atoms with van der Waals surface area (Å²) in [7, 11) is 0. The summed E-state index contributed by atoms with van der Waals surface area (Å²) < 4.78 is 0. The van der Waals surface area contributed by atoms with Crippen molar-refractivity contribution in [3.63, 3.8) is 0 Å². The molecule has 4 heteroatoms. The van der Waals surface area contributed by atoms with Crippen molar-refractivity contribution < 1.29 is 0 Å². The van der Waals surface area contributed by atoms with Crippen LogP contribution in [0.1, 0.15) is 29.2 Å². The SMILES string of the molecule is Cc1cc(C#N)cc(N2CCC(c3ccncc3)C2)n1. The third-order valence-corrected chi connectivity index (χ3v) is 3.76. The van der Waals surface area contributed by atoms with Gasteiger partial charge in [-0.2, -0.15) is 5.26 Å². The Labute approximate surface area is 118 Å². The van der Waals surface area contributed by atoms with Gasteiger partial charge in [0, 0.05) is 37.1 Å². The maximum Gasteiger partial charge on any atom is 0.130 e. The molecule has 1 unspecified atom stereocenters. The monoisotopic (exact) mass is 264 g/mol. The summed E-state index contributed by atoms with van der Waals surface area (Å²) >= 11 is 0. The molecule has 0 aromatic carbocycles. The minimum Gasteiger partial charge on any atom is -0.356 e. The average Bonchev–Trinajstić information content (AvgIpc) is 2.97. The van der Waals surface area contributed by atoms with Crippen molar-refractivity contribution in [1.82, 2.24) is 9.97 Å². The summed E-state index contributed by atoms with van der Waals surface area (Å²) in [6.45, 7) is 3.86. The molecule has 0 amide bonds. The van der Waals surface area contributed by atoms with Gasteiger partial charge in [0.05, 0.1) is 11.6 Å². The summed E-state index contributed by atoms with van der Waals surface area (Å²) in [6.07, 6.45) is 4.80. The van der Waals surface area contributed by atoms with Crippen LogP contribution in [-0.4, -0.2) is 23.1 Å². The third-order valence-electron chi connectivity index (χ3n) is 3.76. The summed E-state index contributed by atoms with van der Waals surface area (Å²) in [4.78, 5) is 10.9. The third kappa shape index (κ3) is 2.48. The molecule has 2 aromatic heterocycles. The minimum absolute atomic E-state index is 0.519. The van der Waals surface area contributed by atoms with Gasteiger partial charge in [0.2, 0.25) is 0 Å². The van der Waals surface area contributed by atoms with E-state index in [1.165, 1.54) is 5.56 Å². The van der Waals surface area contributed by atoms with Crippen molar-refractivity contribution in [1.29, 1.82) is 5.26 Å². The molecular formula is C16H16N4. The highest BCUT2D eigenvalue weighted by molar-refractivity contribution is 5.48. The molecule has 20 heavy (non-hydrogen) atoms. The summed E-state index contributed by atoms with van der Waals surface area (Å²) in [5.41, 5.74) is 2.90. The first-order valence-corrected chi connectivity index (χ1v) is 6.80. The maximum atomic E-state index is 9.06. The number of rotatable bonds is 2. The van der Waals surface area contributed by atoms with Gasteiger partial charge in [-0.05, 0) is 43.2 Å². The smallest absolute Gasteiger partial charge is 0.130 e. The molecule has 1 atom stereocenters. The molecule has 2 aromatic rings. The van der Waals surface area contributed by atoms with Crippen LogP contribution in [0.25, 0.3) is 0 Å². The van der Waals surface area contributed by atoms with Crippen LogP contribution in [0.2, 0.25) is 0 Å². The highest BCUT2D eigenvalue weighted by Gasteiger charge is 2.25.